The Kier molecular flexibility index (Phi) is 3.85. The van der Waals surface area contributed by atoms with E-state index in [4.69, 9.17) is 0 Å². The average molecular weight is 381 g/mol. The minimum absolute atomic E-state index is 0.0129. The summed E-state index contributed by atoms with van der Waals surface area (Å²) in [6, 6.07) is 13.3. The van der Waals surface area contributed by atoms with Crippen LogP contribution in [0.2, 0.25) is 0 Å². The molecule has 2 N–H and O–H groups in total. The Morgan fingerprint density at radius 3 is 2.52 bits per heavy atom. The van der Waals surface area contributed by atoms with Gasteiger partial charge in [0.05, 0.1) is 0 Å². The van der Waals surface area contributed by atoms with Crippen LogP contribution >= 0.6 is 0 Å². The maximum atomic E-state index is 13.1. The van der Waals surface area contributed by atoms with Crippen LogP contribution in [-0.4, -0.2) is 35.8 Å². The number of aliphatic hydroxyl groups is 1. The van der Waals surface area contributed by atoms with Crippen LogP contribution in [0.3, 0.4) is 0 Å². The summed E-state index contributed by atoms with van der Waals surface area (Å²) < 4.78 is 27.1. The van der Waals surface area contributed by atoms with Crippen molar-refractivity contribution in [3.05, 3.63) is 72.2 Å². The highest BCUT2D eigenvalue weighted by atomic mass is 32.2. The minimum Gasteiger partial charge on any atom is -0.505 e. The molecule has 1 aromatic heterocycles. The van der Waals surface area contributed by atoms with E-state index in [1.165, 1.54) is 25.5 Å². The smallest absolute Gasteiger partial charge is 0.276 e. The zero-order valence-electron chi connectivity index (χ0n) is 14.2. The lowest BCUT2D eigenvalue weighted by molar-refractivity contribution is -0.113. The number of aliphatic hydroxyl groups excluding tert-OH is 1. The monoisotopic (exact) mass is 381 g/mol. The number of fused-ring (bicyclic) bond motifs is 3. The molecule has 0 aliphatic carbocycles. The Hall–Kier alpha value is -3.39. The number of anilines is 1. The Morgan fingerprint density at radius 1 is 1.07 bits per heavy atom. The molecule has 1 aliphatic heterocycles. The Balaban J connectivity index is 1.91. The van der Waals surface area contributed by atoms with Gasteiger partial charge in [-0.15, -0.1) is 0 Å². The van der Waals surface area contributed by atoms with Gasteiger partial charge in [-0.2, -0.15) is 0 Å². The summed E-state index contributed by atoms with van der Waals surface area (Å²) in [6.45, 7) is 0. The molecule has 1 aliphatic rings. The molecule has 7 nitrogen and oxygen atoms in total. The van der Waals surface area contributed by atoms with Crippen molar-refractivity contribution in [1.29, 1.82) is 0 Å². The van der Waals surface area contributed by atoms with Crippen molar-refractivity contribution in [2.45, 2.75) is 4.90 Å². The molecule has 136 valence electrons. The fourth-order valence-corrected chi connectivity index (χ4v) is 4.71. The first-order valence-corrected chi connectivity index (χ1v) is 9.51. The van der Waals surface area contributed by atoms with Crippen LogP contribution < -0.4 is 5.32 Å². The second kappa shape index (κ2) is 6.10. The number of rotatable bonds is 2. The van der Waals surface area contributed by atoms with Crippen molar-refractivity contribution in [2.24, 2.45) is 0 Å². The number of likely N-dealkylation sites (N-methyl/N-ethyl adjacent to an activating group) is 1. The number of hydrogen-bond donors (Lipinski definition) is 2. The molecule has 27 heavy (non-hydrogen) atoms. The molecule has 0 atom stereocenters. The van der Waals surface area contributed by atoms with E-state index in [0.717, 1.165) is 9.69 Å². The number of carbonyl (C=O) groups excluding carboxylic acids is 1. The molecule has 1 amide bonds. The summed E-state index contributed by atoms with van der Waals surface area (Å²) in [4.78, 5) is 16.5. The van der Waals surface area contributed by atoms with E-state index in [0.29, 0.717) is 11.1 Å². The molecule has 2 heterocycles. The molecule has 0 fully saturated rings. The molecule has 0 radical (unpaired) electrons. The second-order valence-corrected chi connectivity index (χ2v) is 7.93. The summed E-state index contributed by atoms with van der Waals surface area (Å²) in [5, 5.41) is 14.5. The zero-order chi connectivity index (χ0) is 19.2. The topological polar surface area (TPSA) is 99.6 Å². The highest BCUT2D eigenvalue weighted by Gasteiger charge is 2.39. The van der Waals surface area contributed by atoms with Gasteiger partial charge in [-0.25, -0.2) is 8.42 Å². The second-order valence-electron chi connectivity index (χ2n) is 6.02. The fourth-order valence-electron chi connectivity index (χ4n) is 3.12. The number of pyridine rings is 1. The lowest BCUT2D eigenvalue weighted by Gasteiger charge is -2.29. The van der Waals surface area contributed by atoms with Gasteiger partial charge in [0.25, 0.3) is 15.9 Å². The maximum Gasteiger partial charge on any atom is 0.276 e. The number of hydrogen-bond acceptors (Lipinski definition) is 5. The third-order valence-electron chi connectivity index (χ3n) is 4.45. The summed E-state index contributed by atoms with van der Waals surface area (Å²) in [5.41, 5.74) is 0.201. The first-order valence-electron chi connectivity index (χ1n) is 8.07. The van der Waals surface area contributed by atoms with Crippen molar-refractivity contribution >= 4 is 38.1 Å². The molecule has 0 saturated carbocycles. The van der Waals surface area contributed by atoms with Gasteiger partial charge in [0.15, 0.2) is 11.5 Å². The largest absolute Gasteiger partial charge is 0.505 e. The van der Waals surface area contributed by atoms with E-state index < -0.39 is 15.9 Å². The van der Waals surface area contributed by atoms with Crippen LogP contribution in [0.5, 0.6) is 0 Å². The van der Waals surface area contributed by atoms with Crippen LogP contribution in [-0.2, 0) is 14.8 Å². The molecular weight excluding hydrogens is 366 g/mol. The van der Waals surface area contributed by atoms with Crippen molar-refractivity contribution in [1.82, 2.24) is 9.29 Å². The highest BCUT2D eigenvalue weighted by Crippen LogP contribution is 2.39. The number of aromatic nitrogens is 1. The van der Waals surface area contributed by atoms with Gasteiger partial charge in [0.1, 0.15) is 4.90 Å². The predicted octanol–water partition coefficient (Wildman–Crippen LogP) is 2.73. The van der Waals surface area contributed by atoms with Gasteiger partial charge >= 0.3 is 0 Å². The fraction of sp³-hybridized carbons (Fsp3) is 0.0526. The van der Waals surface area contributed by atoms with E-state index in [-0.39, 0.29) is 21.9 Å². The lowest BCUT2D eigenvalue weighted by atomic mass is 10.0. The molecule has 0 spiro atoms. The number of sulfonamides is 1. The van der Waals surface area contributed by atoms with Crippen molar-refractivity contribution in [2.75, 3.05) is 12.4 Å². The van der Waals surface area contributed by atoms with E-state index in [2.05, 4.69) is 10.3 Å². The Labute approximate surface area is 155 Å². The van der Waals surface area contributed by atoms with E-state index in [9.17, 15) is 18.3 Å². The van der Waals surface area contributed by atoms with Gasteiger partial charge in [-0.05, 0) is 23.6 Å². The number of carbonyl (C=O) groups is 1. The van der Waals surface area contributed by atoms with E-state index >= 15 is 0 Å². The molecule has 4 rings (SSSR count). The van der Waals surface area contributed by atoms with Gasteiger partial charge in [0, 0.05) is 36.1 Å². The number of nitrogens with zero attached hydrogens (tertiary/aromatic N) is 2. The SMILES string of the molecule is CN1C(C(=O)Nc2ccncc2)=C(O)c2ccc3ccccc3c2S1(=O)=O. The quantitative estimate of drug-likeness (QED) is 0.711. The van der Waals surface area contributed by atoms with E-state index in [1.54, 1.807) is 42.5 Å². The number of amides is 1. The summed E-state index contributed by atoms with van der Waals surface area (Å²) in [5.74, 6) is -1.12. The molecule has 0 bridgehead atoms. The third-order valence-corrected chi connectivity index (χ3v) is 6.31. The van der Waals surface area contributed by atoms with Crippen molar-refractivity contribution in [3.8, 4) is 0 Å². The minimum atomic E-state index is -4.02. The molecule has 3 aromatic rings. The Morgan fingerprint density at radius 2 is 1.78 bits per heavy atom. The van der Waals surface area contributed by atoms with Gasteiger partial charge < -0.3 is 10.4 Å². The lowest BCUT2D eigenvalue weighted by Crippen LogP contribution is -2.37. The van der Waals surface area contributed by atoms with Crippen LogP contribution in [0.1, 0.15) is 5.56 Å². The molecule has 2 aromatic carbocycles. The summed E-state index contributed by atoms with van der Waals surface area (Å²) >= 11 is 0. The molecule has 0 unspecified atom stereocenters. The van der Waals surface area contributed by atoms with Crippen LogP contribution in [0.15, 0.2) is 71.5 Å². The zero-order valence-corrected chi connectivity index (χ0v) is 15.1. The maximum absolute atomic E-state index is 13.1. The standard InChI is InChI=1S/C19H15N3O4S/c1-22-16(19(24)21-13-8-10-20-11-9-13)17(23)15-7-6-12-4-2-3-5-14(12)18(15)27(22,25)26/h2-11,23H,1H3,(H,20,21,24). The summed E-state index contributed by atoms with van der Waals surface area (Å²) in [6.07, 6.45) is 2.99. The number of nitrogens with one attached hydrogen (secondary N) is 1. The van der Waals surface area contributed by atoms with E-state index in [1.807, 2.05) is 0 Å². The normalized spacial score (nSPS) is 15.5. The average Bonchev–Trinajstić information content (AvgIpc) is 2.66. The molecular formula is C19H15N3O4S. The van der Waals surface area contributed by atoms with Crippen LogP contribution in [0, 0.1) is 0 Å². The van der Waals surface area contributed by atoms with Crippen molar-refractivity contribution < 1.29 is 18.3 Å². The van der Waals surface area contributed by atoms with Gasteiger partial charge in [-0.1, -0.05) is 30.3 Å². The number of benzene rings is 2. The van der Waals surface area contributed by atoms with Crippen LogP contribution in [0.4, 0.5) is 5.69 Å². The molecule has 8 heteroatoms. The van der Waals surface area contributed by atoms with Gasteiger partial charge in [-0.3, -0.25) is 14.1 Å². The summed E-state index contributed by atoms with van der Waals surface area (Å²) in [7, 11) is -2.78. The van der Waals surface area contributed by atoms with Crippen LogP contribution in [0.25, 0.3) is 16.5 Å². The third kappa shape index (κ3) is 2.61. The first kappa shape index (κ1) is 17.0. The first-order chi connectivity index (χ1) is 12.9. The van der Waals surface area contributed by atoms with Crippen molar-refractivity contribution in [3.63, 3.8) is 0 Å². The van der Waals surface area contributed by atoms with Gasteiger partial charge in [0.2, 0.25) is 0 Å². The molecule has 0 saturated heterocycles. The highest BCUT2D eigenvalue weighted by molar-refractivity contribution is 7.89. The Bertz CT molecular complexity index is 1200. The predicted molar refractivity (Wildman–Crippen MR) is 101 cm³/mol.